The first kappa shape index (κ1) is 15.4. The molecule has 1 rings (SSSR count). The predicted molar refractivity (Wildman–Crippen MR) is 75.3 cm³/mol. The molecule has 1 N–H and O–H groups in total. The number of alkyl halides is 1. The number of benzene rings is 1. The number of rotatable bonds is 6. The van der Waals surface area contributed by atoms with E-state index in [2.05, 4.69) is 4.72 Å². The number of hydrogen-bond donors (Lipinski definition) is 1. The number of sulfonamides is 1. The van der Waals surface area contributed by atoms with Crippen molar-refractivity contribution in [2.24, 2.45) is 5.92 Å². The SMILES string of the molecule is COc1cc(NS(=O)(=O)CC(C)CCl)ccc1Cl. The van der Waals surface area contributed by atoms with Crippen LogP contribution in [0.2, 0.25) is 5.02 Å². The second kappa shape index (κ2) is 6.50. The van der Waals surface area contributed by atoms with Gasteiger partial charge in [0.25, 0.3) is 0 Å². The molecule has 7 heteroatoms. The molecule has 0 spiro atoms. The molecule has 1 aromatic rings. The summed E-state index contributed by atoms with van der Waals surface area (Å²) in [6.45, 7) is 1.77. The van der Waals surface area contributed by atoms with Crippen LogP contribution in [0, 0.1) is 5.92 Å². The minimum absolute atomic E-state index is 0.0263. The van der Waals surface area contributed by atoms with Gasteiger partial charge in [-0.2, -0.15) is 0 Å². The molecule has 0 bridgehead atoms. The molecule has 0 fully saturated rings. The maximum atomic E-state index is 11.8. The minimum Gasteiger partial charge on any atom is -0.495 e. The van der Waals surface area contributed by atoms with Crippen LogP contribution in [0.5, 0.6) is 5.75 Å². The lowest BCUT2D eigenvalue weighted by Gasteiger charge is -2.12. The van der Waals surface area contributed by atoms with Crippen LogP contribution in [0.25, 0.3) is 0 Å². The van der Waals surface area contributed by atoms with E-state index in [0.29, 0.717) is 22.3 Å². The Morgan fingerprint density at radius 3 is 2.67 bits per heavy atom. The quantitative estimate of drug-likeness (QED) is 0.822. The van der Waals surface area contributed by atoms with E-state index in [1.807, 2.05) is 0 Å². The van der Waals surface area contributed by atoms with Crippen LogP contribution in [0.3, 0.4) is 0 Å². The average molecular weight is 312 g/mol. The number of anilines is 1. The topological polar surface area (TPSA) is 55.4 Å². The standard InChI is InChI=1S/C11H15Cl2NO3S/c1-8(6-12)7-18(15,16)14-9-3-4-10(13)11(5-9)17-2/h3-5,8,14H,6-7H2,1-2H3. The minimum atomic E-state index is -3.42. The Hall–Kier alpha value is -0.650. The Bertz CT molecular complexity index is 505. The maximum absolute atomic E-state index is 11.8. The molecule has 0 aliphatic carbocycles. The van der Waals surface area contributed by atoms with Crippen LogP contribution in [-0.4, -0.2) is 27.2 Å². The Labute approximate surface area is 117 Å². The summed E-state index contributed by atoms with van der Waals surface area (Å²) in [6, 6.07) is 4.68. The number of methoxy groups -OCH3 is 1. The van der Waals surface area contributed by atoms with Gasteiger partial charge in [0, 0.05) is 11.9 Å². The van der Waals surface area contributed by atoms with E-state index in [1.54, 1.807) is 19.1 Å². The van der Waals surface area contributed by atoms with E-state index >= 15 is 0 Å². The van der Waals surface area contributed by atoms with Crippen LogP contribution in [0.4, 0.5) is 5.69 Å². The summed E-state index contributed by atoms with van der Waals surface area (Å²) in [7, 11) is -1.95. The summed E-state index contributed by atoms with van der Waals surface area (Å²) in [4.78, 5) is 0. The molecule has 0 aliphatic rings. The second-order valence-corrected chi connectivity index (χ2v) is 6.48. The first-order valence-corrected chi connectivity index (χ1v) is 7.84. The van der Waals surface area contributed by atoms with E-state index < -0.39 is 10.0 Å². The van der Waals surface area contributed by atoms with Crippen molar-refractivity contribution in [2.75, 3.05) is 23.5 Å². The first-order valence-electron chi connectivity index (χ1n) is 5.28. The lowest BCUT2D eigenvalue weighted by atomic mass is 10.3. The van der Waals surface area contributed by atoms with Crippen molar-refractivity contribution >= 4 is 38.9 Å². The molecule has 0 saturated heterocycles. The Balaban J connectivity index is 2.84. The van der Waals surface area contributed by atoms with Crippen molar-refractivity contribution in [1.29, 1.82) is 0 Å². The summed E-state index contributed by atoms with van der Waals surface area (Å²) in [6.07, 6.45) is 0. The molecule has 0 amide bonds. The Morgan fingerprint density at radius 1 is 1.44 bits per heavy atom. The van der Waals surface area contributed by atoms with Gasteiger partial charge in [-0.1, -0.05) is 18.5 Å². The van der Waals surface area contributed by atoms with E-state index in [0.717, 1.165) is 0 Å². The van der Waals surface area contributed by atoms with Gasteiger partial charge in [-0.25, -0.2) is 8.42 Å². The molecular weight excluding hydrogens is 297 g/mol. The third kappa shape index (κ3) is 4.55. The first-order chi connectivity index (χ1) is 8.38. The third-order valence-corrected chi connectivity index (χ3v) is 4.59. The van der Waals surface area contributed by atoms with Gasteiger partial charge in [0.1, 0.15) is 5.75 Å². The predicted octanol–water partition coefficient (Wildman–Crippen LogP) is 2.97. The average Bonchev–Trinajstić information content (AvgIpc) is 2.30. The van der Waals surface area contributed by atoms with Crippen LogP contribution < -0.4 is 9.46 Å². The summed E-state index contributed by atoms with van der Waals surface area (Å²) in [5, 5.41) is 0.426. The Kier molecular flexibility index (Phi) is 5.56. The van der Waals surface area contributed by atoms with Crippen molar-refractivity contribution in [2.45, 2.75) is 6.92 Å². The summed E-state index contributed by atoms with van der Waals surface area (Å²) < 4.78 is 31.1. The van der Waals surface area contributed by atoms with Crippen molar-refractivity contribution in [3.63, 3.8) is 0 Å². The second-order valence-electron chi connectivity index (χ2n) is 3.99. The van der Waals surface area contributed by atoms with Gasteiger partial charge in [0.15, 0.2) is 0 Å². The molecule has 1 aromatic carbocycles. The molecule has 0 radical (unpaired) electrons. The fraction of sp³-hybridized carbons (Fsp3) is 0.455. The van der Waals surface area contributed by atoms with E-state index in [9.17, 15) is 8.42 Å². The van der Waals surface area contributed by atoms with Gasteiger partial charge in [0.05, 0.1) is 23.6 Å². The van der Waals surface area contributed by atoms with Crippen molar-refractivity contribution in [3.05, 3.63) is 23.2 Å². The fourth-order valence-corrected chi connectivity index (χ4v) is 3.23. The molecule has 1 unspecified atom stereocenters. The zero-order valence-corrected chi connectivity index (χ0v) is 12.4. The smallest absolute Gasteiger partial charge is 0.233 e. The highest BCUT2D eigenvalue weighted by Crippen LogP contribution is 2.27. The van der Waals surface area contributed by atoms with Crippen LogP contribution in [0.1, 0.15) is 6.92 Å². The summed E-state index contributed by atoms with van der Waals surface area (Å²) in [5.41, 5.74) is 0.415. The van der Waals surface area contributed by atoms with Crippen LogP contribution in [-0.2, 0) is 10.0 Å². The molecule has 0 aromatic heterocycles. The van der Waals surface area contributed by atoms with Gasteiger partial charge >= 0.3 is 0 Å². The third-order valence-electron chi connectivity index (χ3n) is 2.19. The number of nitrogens with one attached hydrogen (secondary N) is 1. The largest absolute Gasteiger partial charge is 0.495 e. The normalized spacial score (nSPS) is 13.1. The summed E-state index contributed by atoms with van der Waals surface area (Å²) in [5.74, 6) is 0.576. The van der Waals surface area contributed by atoms with Gasteiger partial charge < -0.3 is 4.74 Å². The molecule has 0 saturated carbocycles. The molecule has 0 heterocycles. The number of ether oxygens (including phenoxy) is 1. The Morgan fingerprint density at radius 2 is 2.11 bits per heavy atom. The molecular formula is C11H15Cl2NO3S. The van der Waals surface area contributed by atoms with Gasteiger partial charge in [0.2, 0.25) is 10.0 Å². The van der Waals surface area contributed by atoms with Crippen LogP contribution in [0.15, 0.2) is 18.2 Å². The molecule has 1 atom stereocenters. The van der Waals surface area contributed by atoms with E-state index in [4.69, 9.17) is 27.9 Å². The van der Waals surface area contributed by atoms with Gasteiger partial charge in [-0.3, -0.25) is 4.72 Å². The monoisotopic (exact) mass is 311 g/mol. The molecule has 102 valence electrons. The lowest BCUT2D eigenvalue weighted by molar-refractivity contribution is 0.415. The number of halogens is 2. The van der Waals surface area contributed by atoms with E-state index in [-0.39, 0.29) is 11.7 Å². The molecule has 4 nitrogen and oxygen atoms in total. The van der Waals surface area contributed by atoms with Crippen LogP contribution >= 0.6 is 23.2 Å². The maximum Gasteiger partial charge on any atom is 0.233 e. The zero-order chi connectivity index (χ0) is 13.8. The number of hydrogen-bond acceptors (Lipinski definition) is 3. The zero-order valence-electron chi connectivity index (χ0n) is 10.1. The van der Waals surface area contributed by atoms with E-state index in [1.165, 1.54) is 13.2 Å². The molecule has 0 aliphatic heterocycles. The van der Waals surface area contributed by atoms with Gasteiger partial charge in [-0.05, 0) is 18.1 Å². The highest BCUT2D eigenvalue weighted by Gasteiger charge is 2.15. The molecule has 18 heavy (non-hydrogen) atoms. The van der Waals surface area contributed by atoms with Crippen molar-refractivity contribution in [3.8, 4) is 5.75 Å². The lowest BCUT2D eigenvalue weighted by Crippen LogP contribution is -2.22. The highest BCUT2D eigenvalue weighted by molar-refractivity contribution is 7.92. The van der Waals surface area contributed by atoms with Crippen molar-refractivity contribution < 1.29 is 13.2 Å². The summed E-state index contributed by atoms with van der Waals surface area (Å²) >= 11 is 11.5. The van der Waals surface area contributed by atoms with Crippen molar-refractivity contribution in [1.82, 2.24) is 0 Å². The fourth-order valence-electron chi connectivity index (χ4n) is 1.36. The van der Waals surface area contributed by atoms with Gasteiger partial charge in [-0.15, -0.1) is 11.6 Å². The highest BCUT2D eigenvalue weighted by atomic mass is 35.5.